The number of hydrogen-bond acceptors (Lipinski definition) is 11. The summed E-state index contributed by atoms with van der Waals surface area (Å²) in [5, 5.41) is 30.6. The van der Waals surface area contributed by atoms with Gasteiger partial charge < -0.3 is 25.1 Å². The van der Waals surface area contributed by atoms with E-state index in [0.29, 0.717) is 53.9 Å². The molecule has 3 N–H and O–H groups in total. The lowest BCUT2D eigenvalue weighted by Gasteiger charge is -2.37. The first-order valence-corrected chi connectivity index (χ1v) is 22.8. The highest BCUT2D eigenvalue weighted by Crippen LogP contribution is 2.37. The van der Waals surface area contributed by atoms with Crippen LogP contribution < -0.4 is 19.8 Å². The van der Waals surface area contributed by atoms with E-state index in [1.165, 1.54) is 12.1 Å². The largest absolute Gasteiger partial charge is 0.476 e. The lowest BCUT2D eigenvalue weighted by Crippen LogP contribution is -2.46. The van der Waals surface area contributed by atoms with E-state index in [1.54, 1.807) is 47.8 Å². The van der Waals surface area contributed by atoms with Crippen molar-refractivity contribution in [2.24, 2.45) is 7.05 Å². The lowest BCUT2D eigenvalue weighted by molar-refractivity contribution is -0.384. The average molecular weight is 896 g/mol. The zero-order valence-corrected chi connectivity index (χ0v) is 36.8. The highest BCUT2D eigenvalue weighted by atomic mass is 35.5. The summed E-state index contributed by atoms with van der Waals surface area (Å²) < 4.78 is 31.3. The van der Waals surface area contributed by atoms with E-state index in [9.17, 15) is 28.4 Å². The van der Waals surface area contributed by atoms with Gasteiger partial charge >= 0.3 is 5.97 Å². The molecule has 2 heterocycles. The summed E-state index contributed by atoms with van der Waals surface area (Å²) in [7, 11) is 1.51. The number of carboxylic acid groups (broad SMARTS) is 1. The van der Waals surface area contributed by atoms with Crippen molar-refractivity contribution < 1.29 is 23.2 Å². The number of aryl methyl sites for hydroxylation is 1. The Kier molecular flexibility index (Phi) is 13.7. The molecule has 1 unspecified atom stereocenters. The maximum Gasteiger partial charge on any atom is 0.357 e. The number of nitro groups is 1. The molecule has 0 amide bonds. The molecular weight excluding hydrogens is 848 g/mol. The van der Waals surface area contributed by atoms with Crippen LogP contribution in [0.2, 0.25) is 5.02 Å². The third-order valence-corrected chi connectivity index (χ3v) is 13.4. The van der Waals surface area contributed by atoms with Crippen molar-refractivity contribution in [2.45, 2.75) is 22.3 Å². The van der Waals surface area contributed by atoms with Crippen molar-refractivity contribution in [2.75, 3.05) is 72.4 Å². The summed E-state index contributed by atoms with van der Waals surface area (Å²) in [5.41, 5.74) is 4.82. The number of nitrogens with one attached hydrogen (secondary N) is 2. The number of sulfonamides is 1. The van der Waals surface area contributed by atoms with E-state index in [0.717, 1.165) is 46.4 Å². The minimum absolute atomic E-state index is 0.0361. The highest BCUT2D eigenvalue weighted by Gasteiger charge is 2.27. The van der Waals surface area contributed by atoms with Crippen LogP contribution in [0.1, 0.15) is 16.9 Å². The summed E-state index contributed by atoms with van der Waals surface area (Å²) in [4.78, 5) is 31.4. The van der Waals surface area contributed by atoms with Gasteiger partial charge in [0.15, 0.2) is 5.69 Å². The minimum atomic E-state index is -4.16. The lowest BCUT2D eigenvalue weighted by atomic mass is 9.98. The van der Waals surface area contributed by atoms with Gasteiger partial charge in [0, 0.05) is 89.2 Å². The predicted molar refractivity (Wildman–Crippen MR) is 249 cm³/mol. The summed E-state index contributed by atoms with van der Waals surface area (Å²) in [6.45, 7) is 3.51. The molecule has 6 aromatic rings. The maximum absolute atomic E-state index is 13.6. The Labute approximate surface area is 370 Å². The number of anilines is 4. The van der Waals surface area contributed by atoms with E-state index >= 15 is 0 Å². The fraction of sp³-hybridized carbons (Fsp3) is 0.244. The second-order valence-electron chi connectivity index (χ2n) is 15.2. The van der Waals surface area contributed by atoms with Gasteiger partial charge in [-0.1, -0.05) is 54.1 Å². The van der Waals surface area contributed by atoms with Crippen molar-refractivity contribution in [3.05, 3.63) is 142 Å². The van der Waals surface area contributed by atoms with Crippen molar-refractivity contribution in [3.63, 3.8) is 0 Å². The number of hydrogen-bond donors (Lipinski definition) is 3. The Hall–Kier alpha value is -6.07. The zero-order chi connectivity index (χ0) is 44.0. The van der Waals surface area contributed by atoms with Gasteiger partial charge in [-0.3, -0.25) is 19.5 Å². The number of nitrogens with zero attached hydrogens (tertiary/aromatic N) is 6. The topological polar surface area (TPSA) is 166 Å². The van der Waals surface area contributed by atoms with Crippen LogP contribution in [0.4, 0.5) is 28.4 Å². The number of thioether (sulfide) groups is 1. The molecule has 1 aromatic heterocycles. The minimum Gasteiger partial charge on any atom is -0.476 e. The molecule has 1 aliphatic heterocycles. The standard InChI is InChI=1S/C45H47ClN8O6S2/c1-50(2)23-22-35(30-61-38-10-5-4-6-11-38)47-40-21-20-39(29-41(40)54(57)58)62(59,60)49-34-16-18-36(19-17-34)52-24-26-53(27-25-52)37-9-7-8-32(28-37)42-43(45(55)56)48-51(3)44(42)31-12-14-33(46)15-13-31/h4-21,28-29,35,47,49H,22-27,30H2,1-3H3,(H,55,56). The summed E-state index contributed by atoms with van der Waals surface area (Å²) in [6.07, 6.45) is 0.724. The molecule has 62 heavy (non-hydrogen) atoms. The molecule has 0 aliphatic carbocycles. The summed E-state index contributed by atoms with van der Waals surface area (Å²) in [5.74, 6) is -0.457. The smallest absolute Gasteiger partial charge is 0.357 e. The number of piperazine rings is 1. The molecule has 1 fully saturated rings. The van der Waals surface area contributed by atoms with Gasteiger partial charge in [0.05, 0.1) is 15.5 Å². The number of aromatic nitrogens is 2. The Morgan fingerprint density at radius 1 is 0.887 bits per heavy atom. The molecule has 1 aliphatic rings. The molecular formula is C45H47ClN8O6S2. The summed E-state index contributed by atoms with van der Waals surface area (Å²) >= 11 is 7.80. The van der Waals surface area contributed by atoms with Gasteiger partial charge in [0.2, 0.25) is 0 Å². The van der Waals surface area contributed by atoms with E-state index in [-0.39, 0.29) is 28.0 Å². The molecule has 14 nitrogen and oxygen atoms in total. The molecule has 0 radical (unpaired) electrons. The average Bonchev–Trinajstić information content (AvgIpc) is 3.62. The quantitative estimate of drug-likeness (QED) is 0.0454. The number of aromatic carboxylic acids is 1. The van der Waals surface area contributed by atoms with Crippen molar-refractivity contribution in [1.29, 1.82) is 0 Å². The van der Waals surface area contributed by atoms with E-state index in [1.807, 2.05) is 93.0 Å². The van der Waals surface area contributed by atoms with Crippen LogP contribution in [0.5, 0.6) is 0 Å². The first-order chi connectivity index (χ1) is 29.8. The number of nitro benzene ring substituents is 1. The first kappa shape index (κ1) is 44.0. The Morgan fingerprint density at radius 2 is 1.56 bits per heavy atom. The monoisotopic (exact) mass is 894 g/mol. The first-order valence-electron chi connectivity index (χ1n) is 19.9. The van der Waals surface area contributed by atoms with Crippen LogP contribution >= 0.6 is 23.4 Å². The van der Waals surface area contributed by atoms with Crippen molar-refractivity contribution in [3.8, 4) is 22.4 Å². The van der Waals surface area contributed by atoms with E-state index in [2.05, 4.69) is 29.8 Å². The number of carbonyl (C=O) groups is 1. The number of rotatable bonds is 17. The SMILES string of the molecule is CN(C)CCC(CSc1ccccc1)Nc1ccc(S(=O)(=O)Nc2ccc(N3CCN(c4cccc(-c5c(C(=O)O)nn(C)c5-c5ccc(Cl)cc5)c4)CC3)cc2)cc1[N+](=O)[O-]. The van der Waals surface area contributed by atoms with Crippen LogP contribution in [0, 0.1) is 10.1 Å². The molecule has 0 spiro atoms. The van der Waals surface area contributed by atoms with Gasteiger partial charge in [0.1, 0.15) is 5.69 Å². The van der Waals surface area contributed by atoms with E-state index in [4.69, 9.17) is 11.6 Å². The predicted octanol–water partition coefficient (Wildman–Crippen LogP) is 8.67. The molecule has 17 heteroatoms. The van der Waals surface area contributed by atoms with Gasteiger partial charge in [-0.25, -0.2) is 13.2 Å². The second kappa shape index (κ2) is 19.3. The summed E-state index contributed by atoms with van der Waals surface area (Å²) in [6, 6.07) is 35.8. The molecule has 7 rings (SSSR count). The third-order valence-electron chi connectivity index (χ3n) is 10.6. The van der Waals surface area contributed by atoms with Crippen LogP contribution in [0.25, 0.3) is 22.4 Å². The maximum atomic E-state index is 13.6. The third kappa shape index (κ3) is 10.5. The highest BCUT2D eigenvalue weighted by molar-refractivity contribution is 7.99. The molecule has 5 aromatic carbocycles. The van der Waals surface area contributed by atoms with Crippen LogP contribution in [0.3, 0.4) is 0 Å². The van der Waals surface area contributed by atoms with Crippen LogP contribution in [-0.4, -0.2) is 97.7 Å². The Balaban J connectivity index is 1.00. The van der Waals surface area contributed by atoms with Gasteiger partial charge in [-0.2, -0.15) is 5.10 Å². The molecule has 0 bridgehead atoms. The second-order valence-corrected chi connectivity index (χ2v) is 18.4. The fourth-order valence-corrected chi connectivity index (χ4v) is 9.62. The zero-order valence-electron chi connectivity index (χ0n) is 34.4. The fourth-order valence-electron chi connectivity index (χ4n) is 7.42. The molecule has 1 atom stereocenters. The van der Waals surface area contributed by atoms with Crippen molar-refractivity contribution in [1.82, 2.24) is 14.7 Å². The van der Waals surface area contributed by atoms with Crippen LogP contribution in [0.15, 0.2) is 131 Å². The molecule has 1 saturated heterocycles. The normalized spacial score (nSPS) is 13.6. The molecule has 322 valence electrons. The van der Waals surface area contributed by atoms with E-state index < -0.39 is 20.9 Å². The van der Waals surface area contributed by atoms with Crippen molar-refractivity contribution >= 4 is 67.8 Å². The Bertz CT molecular complexity index is 2640. The van der Waals surface area contributed by atoms with Gasteiger partial charge in [-0.05, 0) is 105 Å². The molecule has 0 saturated carbocycles. The number of carboxylic acids is 1. The number of benzene rings is 5. The Morgan fingerprint density at radius 3 is 2.21 bits per heavy atom. The van der Waals surface area contributed by atoms with Gasteiger partial charge in [-0.15, -0.1) is 11.8 Å². The van der Waals surface area contributed by atoms with Gasteiger partial charge in [0.25, 0.3) is 15.7 Å². The van der Waals surface area contributed by atoms with Crippen LogP contribution in [-0.2, 0) is 17.1 Å². The number of halogens is 1.